The highest BCUT2D eigenvalue weighted by atomic mass is 35.5. The summed E-state index contributed by atoms with van der Waals surface area (Å²) in [6.45, 7) is 14.4. The highest BCUT2D eigenvalue weighted by molar-refractivity contribution is 5.89. The summed E-state index contributed by atoms with van der Waals surface area (Å²) in [5.41, 5.74) is 6.68. The zero-order chi connectivity index (χ0) is 19.9. The molecule has 1 aliphatic carbocycles. The highest BCUT2D eigenvalue weighted by Gasteiger charge is 2.64. The number of benzene rings is 1. The minimum Gasteiger partial charge on any atom is -0.378 e. The Bertz CT molecular complexity index is 684. The Morgan fingerprint density at radius 1 is 1.14 bits per heavy atom. The van der Waals surface area contributed by atoms with Gasteiger partial charge in [0.25, 0.3) is 0 Å². The van der Waals surface area contributed by atoms with Gasteiger partial charge in [-0.1, -0.05) is 44.2 Å². The van der Waals surface area contributed by atoms with Crippen LogP contribution in [-0.4, -0.2) is 59.1 Å². The molecule has 1 aromatic rings. The van der Waals surface area contributed by atoms with Crippen molar-refractivity contribution in [1.29, 1.82) is 0 Å². The minimum absolute atomic E-state index is 0. The second-order valence-corrected chi connectivity index (χ2v) is 9.29. The highest BCUT2D eigenvalue weighted by Crippen LogP contribution is 2.50. The summed E-state index contributed by atoms with van der Waals surface area (Å²) in [6.07, 6.45) is 0.668. The molecule has 0 radical (unpaired) electrons. The lowest BCUT2D eigenvalue weighted by molar-refractivity contribution is -0.182. The van der Waals surface area contributed by atoms with Gasteiger partial charge in [0, 0.05) is 50.2 Å². The fourth-order valence-electron chi connectivity index (χ4n) is 4.54. The first-order valence-corrected chi connectivity index (χ1v) is 10.1. The number of halogens is 2. The maximum absolute atomic E-state index is 13.3. The number of hydrogen-bond acceptors (Lipinski definition) is 4. The number of carbonyl (C=O) groups excluding carboxylic acids is 1. The SMILES string of the molecule is CCOC1CC(N)(C(=O)N2CCN(Cc3ccccc3)C(C)(C)C2)C1(C)C.Cl.Cl. The average Bonchev–Trinajstić information content (AvgIpc) is 2.63. The number of ether oxygens (including phenoxy) is 1. The van der Waals surface area contributed by atoms with Gasteiger partial charge in [0.1, 0.15) is 5.54 Å². The van der Waals surface area contributed by atoms with Gasteiger partial charge in [0.05, 0.1) is 6.10 Å². The second kappa shape index (κ2) is 9.52. The summed E-state index contributed by atoms with van der Waals surface area (Å²) in [7, 11) is 0. The molecule has 1 aliphatic heterocycles. The Morgan fingerprint density at radius 2 is 1.76 bits per heavy atom. The number of amides is 1. The molecule has 1 heterocycles. The molecule has 1 saturated carbocycles. The van der Waals surface area contributed by atoms with Gasteiger partial charge >= 0.3 is 0 Å². The van der Waals surface area contributed by atoms with Crippen molar-refractivity contribution in [2.24, 2.45) is 11.1 Å². The molecule has 1 saturated heterocycles. The fourth-order valence-corrected chi connectivity index (χ4v) is 4.54. The van der Waals surface area contributed by atoms with Gasteiger partial charge in [0.15, 0.2) is 0 Å². The van der Waals surface area contributed by atoms with E-state index in [2.05, 4.69) is 56.9 Å². The van der Waals surface area contributed by atoms with Crippen molar-refractivity contribution in [2.75, 3.05) is 26.2 Å². The summed E-state index contributed by atoms with van der Waals surface area (Å²) in [4.78, 5) is 17.8. The first kappa shape index (κ1) is 26.2. The minimum atomic E-state index is -0.829. The Kier molecular flexibility index (Phi) is 8.60. The zero-order valence-electron chi connectivity index (χ0n) is 18.3. The first-order chi connectivity index (χ1) is 12.6. The van der Waals surface area contributed by atoms with Crippen molar-refractivity contribution in [1.82, 2.24) is 9.80 Å². The van der Waals surface area contributed by atoms with Crippen LogP contribution >= 0.6 is 24.8 Å². The lowest BCUT2D eigenvalue weighted by Crippen LogP contribution is -2.77. The third-order valence-electron chi connectivity index (χ3n) is 6.79. The van der Waals surface area contributed by atoms with Gasteiger partial charge in [-0.15, -0.1) is 24.8 Å². The summed E-state index contributed by atoms with van der Waals surface area (Å²) >= 11 is 0. The smallest absolute Gasteiger partial charge is 0.243 e. The molecule has 7 heteroatoms. The number of nitrogens with zero attached hydrogens (tertiary/aromatic N) is 2. The van der Waals surface area contributed by atoms with Gasteiger partial charge in [-0.3, -0.25) is 9.69 Å². The van der Waals surface area contributed by atoms with Crippen molar-refractivity contribution < 1.29 is 9.53 Å². The van der Waals surface area contributed by atoms with Crippen LogP contribution in [0.5, 0.6) is 0 Å². The van der Waals surface area contributed by atoms with Crippen LogP contribution in [-0.2, 0) is 16.1 Å². The van der Waals surface area contributed by atoms with E-state index < -0.39 is 5.54 Å². The second-order valence-electron chi connectivity index (χ2n) is 9.29. The molecule has 2 fully saturated rings. The Morgan fingerprint density at radius 3 is 2.28 bits per heavy atom. The lowest BCUT2D eigenvalue weighted by atomic mass is 9.54. The summed E-state index contributed by atoms with van der Waals surface area (Å²) in [5, 5.41) is 0. The van der Waals surface area contributed by atoms with Crippen LogP contribution in [0.25, 0.3) is 0 Å². The number of carbonyl (C=O) groups is 1. The summed E-state index contributed by atoms with van der Waals surface area (Å²) < 4.78 is 5.79. The normalized spacial score (nSPS) is 27.9. The van der Waals surface area contributed by atoms with E-state index in [1.807, 2.05) is 17.9 Å². The van der Waals surface area contributed by atoms with Crippen molar-refractivity contribution in [3.8, 4) is 0 Å². The molecule has 2 atom stereocenters. The Balaban J connectivity index is 0.00000210. The quantitative estimate of drug-likeness (QED) is 0.753. The van der Waals surface area contributed by atoms with Gasteiger partial charge in [-0.25, -0.2) is 0 Å². The molecule has 29 heavy (non-hydrogen) atoms. The van der Waals surface area contributed by atoms with E-state index in [1.54, 1.807) is 0 Å². The number of hydrogen-bond donors (Lipinski definition) is 1. The van der Waals surface area contributed by atoms with Crippen LogP contribution in [0, 0.1) is 5.41 Å². The molecule has 5 nitrogen and oxygen atoms in total. The monoisotopic (exact) mass is 445 g/mol. The maximum Gasteiger partial charge on any atom is 0.243 e. The topological polar surface area (TPSA) is 58.8 Å². The standard InChI is InChI=1S/C22H35N3O2.2ClH/c1-6-27-18-14-22(23,21(18,4)5)19(26)24-12-13-25(20(2,3)16-24)15-17-10-8-7-9-11-17;;/h7-11,18H,6,12-16,23H2,1-5H3;2*1H. The van der Waals surface area contributed by atoms with Gasteiger partial charge in [0.2, 0.25) is 5.91 Å². The molecule has 0 spiro atoms. The van der Waals surface area contributed by atoms with Crippen LogP contribution in [0.2, 0.25) is 0 Å². The molecule has 2 N–H and O–H groups in total. The number of rotatable bonds is 5. The Hall–Kier alpha value is -0.850. The number of nitrogens with two attached hydrogens (primary N) is 1. The van der Waals surface area contributed by atoms with Crippen LogP contribution < -0.4 is 5.73 Å². The van der Waals surface area contributed by atoms with Crippen LogP contribution in [0.3, 0.4) is 0 Å². The number of piperazine rings is 1. The predicted octanol–water partition coefficient (Wildman–Crippen LogP) is 3.49. The van der Waals surface area contributed by atoms with Crippen LogP contribution in [0.15, 0.2) is 30.3 Å². The molecule has 1 amide bonds. The van der Waals surface area contributed by atoms with Crippen molar-refractivity contribution in [3.05, 3.63) is 35.9 Å². The van der Waals surface area contributed by atoms with Gasteiger partial charge < -0.3 is 15.4 Å². The van der Waals surface area contributed by atoms with Crippen molar-refractivity contribution >= 4 is 30.7 Å². The molecule has 166 valence electrons. The molecule has 2 aliphatic rings. The van der Waals surface area contributed by atoms with Crippen molar-refractivity contribution in [3.63, 3.8) is 0 Å². The zero-order valence-corrected chi connectivity index (χ0v) is 19.9. The largest absolute Gasteiger partial charge is 0.378 e. The van der Waals surface area contributed by atoms with Gasteiger partial charge in [-0.2, -0.15) is 0 Å². The summed E-state index contributed by atoms with van der Waals surface area (Å²) in [6, 6.07) is 10.5. The van der Waals surface area contributed by atoms with Gasteiger partial charge in [-0.05, 0) is 26.3 Å². The molecule has 1 aromatic carbocycles. The molecular formula is C22H37Cl2N3O2. The van der Waals surface area contributed by atoms with E-state index in [-0.39, 0.29) is 47.8 Å². The molecule has 0 bridgehead atoms. The first-order valence-electron chi connectivity index (χ1n) is 10.1. The average molecular weight is 446 g/mol. The van der Waals surface area contributed by atoms with Crippen LogP contribution in [0.1, 0.15) is 46.6 Å². The molecule has 2 unspecified atom stereocenters. The predicted molar refractivity (Wildman–Crippen MR) is 123 cm³/mol. The van der Waals surface area contributed by atoms with Crippen molar-refractivity contribution in [2.45, 2.75) is 64.8 Å². The third-order valence-corrected chi connectivity index (χ3v) is 6.79. The molecule has 0 aromatic heterocycles. The van der Waals surface area contributed by atoms with Crippen LogP contribution in [0.4, 0.5) is 0 Å². The van der Waals surface area contributed by atoms with E-state index in [0.717, 1.165) is 19.6 Å². The fraction of sp³-hybridized carbons (Fsp3) is 0.682. The van der Waals surface area contributed by atoms with E-state index >= 15 is 0 Å². The molecular weight excluding hydrogens is 409 g/mol. The molecule has 3 rings (SSSR count). The third kappa shape index (κ3) is 4.75. The maximum atomic E-state index is 13.3. The Labute approximate surface area is 188 Å². The van der Waals surface area contributed by atoms with E-state index in [9.17, 15) is 4.79 Å². The lowest BCUT2D eigenvalue weighted by Gasteiger charge is -2.60. The van der Waals surface area contributed by atoms with E-state index in [4.69, 9.17) is 10.5 Å². The summed E-state index contributed by atoms with van der Waals surface area (Å²) in [5.74, 6) is 0.0795. The van der Waals surface area contributed by atoms with E-state index in [1.165, 1.54) is 5.56 Å². The van der Waals surface area contributed by atoms with E-state index in [0.29, 0.717) is 19.6 Å².